The molecule has 1 amide bonds. The Hall–Kier alpha value is -3.98. The summed E-state index contributed by atoms with van der Waals surface area (Å²) >= 11 is 0. The molecule has 4 aliphatic carbocycles. The van der Waals surface area contributed by atoms with Gasteiger partial charge >= 0.3 is 0 Å². The zero-order valence-electron chi connectivity index (χ0n) is 23.1. The lowest BCUT2D eigenvalue weighted by atomic mass is 9.43. The number of rotatable bonds is 4. The van der Waals surface area contributed by atoms with Crippen LogP contribution in [-0.4, -0.2) is 49.3 Å². The molecule has 1 saturated carbocycles. The second-order valence-electron chi connectivity index (χ2n) is 12.2. The van der Waals surface area contributed by atoms with Gasteiger partial charge in [-0.2, -0.15) is 0 Å². The molecule has 0 spiro atoms. The molecular formula is C31H33NO8. The molecule has 1 aromatic rings. The number of aliphatic hydroxyl groups excluding tert-OH is 2. The van der Waals surface area contributed by atoms with Crippen LogP contribution in [0.4, 0.5) is 5.69 Å². The molecule has 0 heterocycles. The third-order valence-corrected chi connectivity index (χ3v) is 9.19. The van der Waals surface area contributed by atoms with Crippen LogP contribution in [0.25, 0.3) is 5.76 Å². The monoisotopic (exact) mass is 547 g/mol. The van der Waals surface area contributed by atoms with Crippen LogP contribution in [0.5, 0.6) is 5.75 Å². The Bertz CT molecular complexity index is 1540. The van der Waals surface area contributed by atoms with E-state index in [2.05, 4.69) is 5.32 Å². The van der Waals surface area contributed by atoms with Crippen LogP contribution in [0, 0.1) is 22.7 Å². The van der Waals surface area contributed by atoms with Gasteiger partial charge in [0.1, 0.15) is 22.8 Å². The van der Waals surface area contributed by atoms with Gasteiger partial charge in [-0.15, -0.1) is 0 Å². The molecule has 4 aliphatic rings. The van der Waals surface area contributed by atoms with Crippen molar-refractivity contribution in [3.8, 4) is 5.75 Å². The van der Waals surface area contributed by atoms with Crippen molar-refractivity contribution < 1.29 is 39.6 Å². The number of Topliss-reactive ketones (excluding diaryl/α,β-unsaturated/α-hetero) is 3. The third kappa shape index (κ3) is 3.43. The summed E-state index contributed by atoms with van der Waals surface area (Å²) in [6.45, 7) is 7.90. The van der Waals surface area contributed by atoms with E-state index in [1.165, 1.54) is 6.07 Å². The lowest BCUT2D eigenvalue weighted by Gasteiger charge is -2.59. The maximum Gasteiger partial charge on any atom is 0.252 e. The van der Waals surface area contributed by atoms with E-state index in [0.29, 0.717) is 17.6 Å². The number of carbonyl (C=O) groups is 4. The topological polar surface area (TPSA) is 161 Å². The minimum Gasteiger partial charge on any atom is -0.508 e. The summed E-state index contributed by atoms with van der Waals surface area (Å²) in [5, 5.41) is 48.6. The Balaban J connectivity index is 1.70. The number of phenolic OH excluding ortho intramolecular Hbond substituents is 1. The average Bonchev–Trinajstić information content (AvgIpc) is 3.38. The number of hydrogen-bond acceptors (Lipinski definition) is 8. The Morgan fingerprint density at radius 2 is 1.77 bits per heavy atom. The van der Waals surface area contributed by atoms with E-state index >= 15 is 0 Å². The number of fused-ring (bicyclic) bond motifs is 3. The number of amides is 1. The molecule has 0 saturated heterocycles. The van der Waals surface area contributed by atoms with Crippen molar-refractivity contribution in [2.45, 2.75) is 59.5 Å². The predicted molar refractivity (Wildman–Crippen MR) is 146 cm³/mol. The van der Waals surface area contributed by atoms with Gasteiger partial charge in [-0.3, -0.25) is 19.2 Å². The van der Waals surface area contributed by atoms with Crippen LogP contribution in [0.3, 0.4) is 0 Å². The molecule has 9 heteroatoms. The van der Waals surface area contributed by atoms with E-state index in [1.54, 1.807) is 45.9 Å². The number of anilines is 1. The van der Waals surface area contributed by atoms with Crippen molar-refractivity contribution in [1.82, 2.24) is 0 Å². The molecule has 5 rings (SSSR count). The zero-order valence-corrected chi connectivity index (χ0v) is 23.1. The fourth-order valence-electron chi connectivity index (χ4n) is 7.63. The summed E-state index contributed by atoms with van der Waals surface area (Å²) in [5.74, 6) is -6.25. The highest BCUT2D eigenvalue weighted by atomic mass is 16.3. The molecule has 4 atom stereocenters. The van der Waals surface area contributed by atoms with E-state index in [1.807, 2.05) is 6.08 Å². The first-order chi connectivity index (χ1) is 18.6. The maximum absolute atomic E-state index is 14.3. The van der Waals surface area contributed by atoms with Crippen molar-refractivity contribution in [2.75, 3.05) is 5.32 Å². The maximum atomic E-state index is 14.3. The average molecular weight is 548 g/mol. The second kappa shape index (κ2) is 8.76. The van der Waals surface area contributed by atoms with Crippen LogP contribution >= 0.6 is 0 Å². The number of nitrogens with one attached hydrogen (secondary N) is 1. The number of phenols is 1. The lowest BCUT2D eigenvalue weighted by molar-refractivity contribution is -0.178. The number of aromatic hydroxyl groups is 1. The minimum absolute atomic E-state index is 0.0192. The summed E-state index contributed by atoms with van der Waals surface area (Å²) in [7, 11) is 0. The van der Waals surface area contributed by atoms with Gasteiger partial charge in [0.2, 0.25) is 5.78 Å². The minimum atomic E-state index is -2.67. The molecule has 0 bridgehead atoms. The van der Waals surface area contributed by atoms with E-state index in [9.17, 15) is 39.6 Å². The van der Waals surface area contributed by atoms with Crippen molar-refractivity contribution >= 4 is 34.7 Å². The van der Waals surface area contributed by atoms with Crippen LogP contribution in [0.2, 0.25) is 0 Å². The number of carbonyl (C=O) groups excluding carboxylic acids is 4. The second-order valence-corrected chi connectivity index (χ2v) is 12.2. The van der Waals surface area contributed by atoms with Gasteiger partial charge in [0, 0.05) is 27.9 Å². The molecule has 1 fully saturated rings. The largest absolute Gasteiger partial charge is 0.508 e. The van der Waals surface area contributed by atoms with E-state index in [4.69, 9.17) is 0 Å². The van der Waals surface area contributed by atoms with Gasteiger partial charge in [-0.25, -0.2) is 0 Å². The molecule has 5 N–H and O–H groups in total. The number of hydrogen-bond donors (Lipinski definition) is 5. The first-order valence-corrected chi connectivity index (χ1v) is 13.3. The number of ketones is 3. The van der Waals surface area contributed by atoms with Crippen LogP contribution in [0.1, 0.15) is 58.6 Å². The molecule has 0 aliphatic heterocycles. The molecule has 1 unspecified atom stereocenters. The predicted octanol–water partition coefficient (Wildman–Crippen LogP) is 4.01. The molecule has 1 aromatic carbocycles. The quantitative estimate of drug-likeness (QED) is 0.279. The number of benzene rings is 1. The zero-order chi connectivity index (χ0) is 29.5. The summed E-state index contributed by atoms with van der Waals surface area (Å²) in [6.07, 6.45) is 5.84. The highest BCUT2D eigenvalue weighted by molar-refractivity contribution is 6.24. The first kappa shape index (κ1) is 27.6. The van der Waals surface area contributed by atoms with Gasteiger partial charge in [0.05, 0.1) is 11.3 Å². The van der Waals surface area contributed by atoms with Crippen LogP contribution < -0.4 is 5.32 Å². The number of aliphatic hydroxyl groups is 3. The van der Waals surface area contributed by atoms with Gasteiger partial charge in [-0.05, 0) is 43.7 Å². The Kier molecular flexibility index (Phi) is 6.04. The third-order valence-electron chi connectivity index (χ3n) is 9.19. The molecular weight excluding hydrogens is 514 g/mol. The molecule has 0 aromatic heterocycles. The Morgan fingerprint density at radius 1 is 1.10 bits per heavy atom. The molecule has 40 heavy (non-hydrogen) atoms. The van der Waals surface area contributed by atoms with Gasteiger partial charge in [-0.1, -0.05) is 52.0 Å². The summed E-state index contributed by atoms with van der Waals surface area (Å²) in [6, 6.07) is 3.17. The molecule has 9 nitrogen and oxygen atoms in total. The summed E-state index contributed by atoms with van der Waals surface area (Å²) in [5.41, 5.74) is -5.12. The fourth-order valence-corrected chi connectivity index (χ4v) is 7.63. The van der Waals surface area contributed by atoms with Gasteiger partial charge in [0.15, 0.2) is 17.2 Å². The normalized spacial score (nSPS) is 31.2. The fraction of sp³-hybridized carbons (Fsp3) is 0.419. The molecule has 210 valence electrons. The lowest BCUT2D eigenvalue weighted by Crippen LogP contribution is -2.69. The number of allylic oxidation sites excluding steroid dienone is 4. The highest BCUT2D eigenvalue weighted by Gasteiger charge is 2.72. The smallest absolute Gasteiger partial charge is 0.252 e. The Morgan fingerprint density at radius 3 is 2.35 bits per heavy atom. The van der Waals surface area contributed by atoms with Crippen molar-refractivity contribution in [1.29, 1.82) is 0 Å². The van der Waals surface area contributed by atoms with Gasteiger partial charge < -0.3 is 25.7 Å². The standard InChI is InChI=1S/C31H33NO8/c1-14(2)21-24(35)19(15(3)33)26(37)31(40)27(38)22-25(36)20-17(12-29(22,4)13-30(21,31)5)10-11-18(23(20)34)32-28(39)16-8-6-7-9-16/h6-8,10-11,14,21,34,36-37,40H,9,12-13H2,1-5H3,(H,32,39)/t21?,29-,30-,31+/m1/s1. The van der Waals surface area contributed by atoms with Gasteiger partial charge in [0.25, 0.3) is 5.91 Å². The summed E-state index contributed by atoms with van der Waals surface area (Å²) in [4.78, 5) is 52.9. The van der Waals surface area contributed by atoms with Crippen molar-refractivity contribution in [3.63, 3.8) is 0 Å². The van der Waals surface area contributed by atoms with Crippen molar-refractivity contribution in [2.24, 2.45) is 22.7 Å². The highest BCUT2D eigenvalue weighted by Crippen LogP contribution is 2.65. The van der Waals surface area contributed by atoms with E-state index in [0.717, 1.165) is 6.92 Å². The van der Waals surface area contributed by atoms with E-state index in [-0.39, 0.29) is 29.7 Å². The summed E-state index contributed by atoms with van der Waals surface area (Å²) < 4.78 is 0. The molecule has 0 radical (unpaired) electrons. The SMILES string of the molecule is CC(=O)C1=C(O)[C@]2(O)C(=O)C3=C(O)c4c(ccc(NC(=O)C5=CC=CC5)c4O)C[C@]3(C)C[C@]2(C)C(C(C)C)C1=O. The van der Waals surface area contributed by atoms with Crippen LogP contribution in [0.15, 0.2) is 52.8 Å². The van der Waals surface area contributed by atoms with Crippen LogP contribution in [-0.2, 0) is 25.6 Å². The van der Waals surface area contributed by atoms with E-state index < -0.39 is 74.4 Å². The van der Waals surface area contributed by atoms with Crippen molar-refractivity contribution in [3.05, 3.63) is 64.0 Å². The first-order valence-electron chi connectivity index (χ1n) is 13.3. The Labute approximate surface area is 231 Å².